The Hall–Kier alpha value is -2.33. The number of hydrogen-bond acceptors (Lipinski definition) is 9. The van der Waals surface area contributed by atoms with Crippen LogP contribution in [0.4, 0.5) is 0 Å². The van der Waals surface area contributed by atoms with Gasteiger partial charge in [-0.3, -0.25) is 14.4 Å². The number of ketones is 2. The molecule has 3 fully saturated rings. The lowest BCUT2D eigenvalue weighted by Crippen LogP contribution is -2.63. The van der Waals surface area contributed by atoms with Gasteiger partial charge in [-0.15, -0.1) is 10.1 Å². The fourth-order valence-corrected chi connectivity index (χ4v) is 8.09. The number of Topliss-reactive ketones (excluding diaryl/α,β-unsaturated/α-hetero) is 1. The molecule has 0 heterocycles. The highest BCUT2D eigenvalue weighted by molar-refractivity contribution is 5.92. The SMILES string of the molecule is CC12CCC(=O)C=C1CCC1C2C(O)CC2(C)C1CC[C@]2(OC(=O)CCCO[N+](=O)[O-])C(=O)CO. The van der Waals surface area contributed by atoms with Gasteiger partial charge in [-0.2, -0.15) is 0 Å². The Morgan fingerprint density at radius 3 is 2.66 bits per heavy atom. The van der Waals surface area contributed by atoms with Crippen LogP contribution in [0.15, 0.2) is 11.6 Å². The molecule has 0 bridgehead atoms. The van der Waals surface area contributed by atoms with Gasteiger partial charge >= 0.3 is 5.97 Å². The van der Waals surface area contributed by atoms with Crippen LogP contribution in [0.2, 0.25) is 0 Å². The molecule has 7 atom stereocenters. The van der Waals surface area contributed by atoms with Crippen molar-refractivity contribution in [2.75, 3.05) is 13.2 Å². The molecule has 10 nitrogen and oxygen atoms in total. The fourth-order valence-electron chi connectivity index (χ4n) is 8.09. The van der Waals surface area contributed by atoms with Crippen molar-refractivity contribution in [3.8, 4) is 0 Å². The number of nitrogens with zero attached hydrogens (tertiary/aromatic N) is 1. The van der Waals surface area contributed by atoms with Crippen LogP contribution in [-0.4, -0.2) is 57.8 Å². The quantitative estimate of drug-likeness (QED) is 0.224. The Bertz CT molecular complexity index is 947. The third-order valence-electron chi connectivity index (χ3n) is 9.62. The van der Waals surface area contributed by atoms with Gasteiger partial charge in [0.1, 0.15) is 6.61 Å². The molecule has 3 saturated carbocycles. The second kappa shape index (κ2) is 9.28. The van der Waals surface area contributed by atoms with Crippen LogP contribution in [0.3, 0.4) is 0 Å². The van der Waals surface area contributed by atoms with E-state index < -0.39 is 40.6 Å². The Kier molecular flexibility index (Phi) is 6.83. The van der Waals surface area contributed by atoms with E-state index in [1.165, 1.54) is 0 Å². The standard InChI is InChI=1S/C25H35NO9/c1-23-9-7-16(28)12-15(23)5-6-17-18-8-10-25(20(30)14-27,24(18,2)13-19(29)22(17)23)35-21(31)4-3-11-34-26(32)33/h12,17-19,22,27,29H,3-11,13-14H2,1-2H3/t17?,18?,19?,22?,23?,24?,25-/m0/s1. The highest BCUT2D eigenvalue weighted by Crippen LogP contribution is 2.68. The molecule has 10 heteroatoms. The molecule has 0 aliphatic heterocycles. The molecule has 0 aromatic carbocycles. The van der Waals surface area contributed by atoms with E-state index in [1.807, 2.05) is 6.92 Å². The van der Waals surface area contributed by atoms with Crippen LogP contribution in [0, 0.1) is 38.7 Å². The number of aliphatic hydroxyl groups excluding tert-OH is 2. The maximum Gasteiger partial charge on any atom is 0.306 e. The first-order valence-electron chi connectivity index (χ1n) is 12.5. The predicted molar refractivity (Wildman–Crippen MR) is 121 cm³/mol. The molecule has 0 radical (unpaired) electrons. The average Bonchev–Trinajstić information content (AvgIpc) is 3.08. The van der Waals surface area contributed by atoms with Crippen molar-refractivity contribution in [1.82, 2.24) is 0 Å². The fraction of sp³-hybridized carbons (Fsp3) is 0.800. The van der Waals surface area contributed by atoms with E-state index in [0.717, 1.165) is 18.4 Å². The molecule has 2 N–H and O–H groups in total. The second-order valence-electron chi connectivity index (χ2n) is 11.2. The number of fused-ring (bicyclic) bond motifs is 5. The highest BCUT2D eigenvalue weighted by Gasteiger charge is 2.70. The number of carbonyl (C=O) groups excluding carboxylic acids is 3. The van der Waals surface area contributed by atoms with Crippen LogP contribution in [0.1, 0.15) is 71.6 Å². The Morgan fingerprint density at radius 1 is 1.23 bits per heavy atom. The van der Waals surface area contributed by atoms with Gasteiger partial charge in [0.25, 0.3) is 5.09 Å². The van der Waals surface area contributed by atoms with Gasteiger partial charge < -0.3 is 19.8 Å². The topological polar surface area (TPSA) is 153 Å². The van der Waals surface area contributed by atoms with Crippen molar-refractivity contribution in [2.45, 2.75) is 83.3 Å². The second-order valence-corrected chi connectivity index (χ2v) is 11.2. The molecular formula is C25H35NO9. The zero-order valence-electron chi connectivity index (χ0n) is 20.4. The molecule has 6 unspecified atom stereocenters. The lowest BCUT2D eigenvalue weighted by atomic mass is 9.45. The van der Waals surface area contributed by atoms with Gasteiger partial charge in [-0.25, -0.2) is 0 Å². The summed E-state index contributed by atoms with van der Waals surface area (Å²) >= 11 is 0. The van der Waals surface area contributed by atoms with Crippen molar-refractivity contribution in [2.24, 2.45) is 28.6 Å². The molecule has 0 aromatic rings. The van der Waals surface area contributed by atoms with E-state index in [2.05, 4.69) is 11.8 Å². The summed E-state index contributed by atoms with van der Waals surface area (Å²) < 4.78 is 5.86. The normalized spacial score (nSPS) is 40.1. The Balaban J connectivity index is 1.60. The minimum Gasteiger partial charge on any atom is -0.450 e. The van der Waals surface area contributed by atoms with E-state index in [-0.39, 0.29) is 61.2 Å². The third-order valence-corrected chi connectivity index (χ3v) is 9.62. The molecule has 4 aliphatic carbocycles. The highest BCUT2D eigenvalue weighted by atomic mass is 16.9. The predicted octanol–water partition coefficient (Wildman–Crippen LogP) is 2.32. The number of rotatable bonds is 8. The molecule has 194 valence electrons. The first-order valence-corrected chi connectivity index (χ1v) is 12.5. The molecular weight excluding hydrogens is 458 g/mol. The monoisotopic (exact) mass is 493 g/mol. The lowest BCUT2D eigenvalue weighted by molar-refractivity contribution is -0.757. The summed E-state index contributed by atoms with van der Waals surface area (Å²) in [6, 6.07) is 0. The van der Waals surface area contributed by atoms with E-state index >= 15 is 0 Å². The van der Waals surface area contributed by atoms with Crippen LogP contribution in [0.25, 0.3) is 0 Å². The smallest absolute Gasteiger partial charge is 0.306 e. The van der Waals surface area contributed by atoms with Crippen molar-refractivity contribution in [3.05, 3.63) is 21.8 Å². The molecule has 4 rings (SSSR count). The molecule has 0 spiro atoms. The van der Waals surface area contributed by atoms with Crippen LogP contribution in [0.5, 0.6) is 0 Å². The largest absolute Gasteiger partial charge is 0.450 e. The van der Waals surface area contributed by atoms with Crippen molar-refractivity contribution in [3.63, 3.8) is 0 Å². The van der Waals surface area contributed by atoms with Gasteiger partial charge in [0.15, 0.2) is 11.4 Å². The first kappa shape index (κ1) is 25.8. The minimum atomic E-state index is -1.56. The van der Waals surface area contributed by atoms with Crippen LogP contribution in [-0.2, 0) is 24.0 Å². The van der Waals surface area contributed by atoms with Gasteiger partial charge in [-0.05, 0) is 74.2 Å². The van der Waals surface area contributed by atoms with Crippen LogP contribution < -0.4 is 0 Å². The molecule has 35 heavy (non-hydrogen) atoms. The van der Waals surface area contributed by atoms with E-state index in [0.29, 0.717) is 19.3 Å². The van der Waals surface area contributed by atoms with Crippen molar-refractivity contribution < 1.29 is 39.3 Å². The maximum absolute atomic E-state index is 13.2. The number of aliphatic hydroxyl groups is 2. The summed E-state index contributed by atoms with van der Waals surface area (Å²) in [6.45, 7) is 2.99. The van der Waals surface area contributed by atoms with Gasteiger partial charge in [0.05, 0.1) is 12.7 Å². The summed E-state index contributed by atoms with van der Waals surface area (Å²) in [5.74, 6) is -1.07. The van der Waals surface area contributed by atoms with E-state index in [4.69, 9.17) is 4.74 Å². The van der Waals surface area contributed by atoms with Crippen LogP contribution >= 0.6 is 0 Å². The summed E-state index contributed by atoms with van der Waals surface area (Å²) in [6.07, 6.45) is 4.75. The Morgan fingerprint density at radius 2 is 1.97 bits per heavy atom. The molecule has 0 saturated heterocycles. The molecule has 0 amide bonds. The summed E-state index contributed by atoms with van der Waals surface area (Å²) in [4.78, 5) is 52.5. The molecule has 4 aliphatic rings. The number of hydrogen-bond donors (Lipinski definition) is 2. The zero-order chi connectivity index (χ0) is 25.6. The van der Waals surface area contributed by atoms with Gasteiger partial charge in [-0.1, -0.05) is 19.4 Å². The minimum absolute atomic E-state index is 0.00743. The number of ether oxygens (including phenoxy) is 1. The van der Waals surface area contributed by atoms with Crippen molar-refractivity contribution >= 4 is 17.5 Å². The maximum atomic E-state index is 13.2. The average molecular weight is 494 g/mol. The summed E-state index contributed by atoms with van der Waals surface area (Å²) in [7, 11) is 0. The zero-order valence-corrected chi connectivity index (χ0v) is 20.4. The van der Waals surface area contributed by atoms with Gasteiger partial charge in [0.2, 0.25) is 5.78 Å². The third kappa shape index (κ3) is 4.08. The number of esters is 1. The van der Waals surface area contributed by atoms with E-state index in [1.54, 1.807) is 6.08 Å². The van der Waals surface area contributed by atoms with E-state index in [9.17, 15) is 34.7 Å². The molecule has 0 aromatic heterocycles. The number of carbonyl (C=O) groups is 3. The Labute approximate surface area is 204 Å². The van der Waals surface area contributed by atoms with Gasteiger partial charge in [0, 0.05) is 18.3 Å². The first-order chi connectivity index (χ1) is 16.5. The lowest BCUT2D eigenvalue weighted by Gasteiger charge is -2.60. The van der Waals surface area contributed by atoms with Crippen molar-refractivity contribution in [1.29, 1.82) is 0 Å². The summed E-state index contributed by atoms with van der Waals surface area (Å²) in [5, 5.41) is 30.8. The summed E-state index contributed by atoms with van der Waals surface area (Å²) in [5.41, 5.74) is -1.59. The number of allylic oxidation sites excluding steroid dienone is 1.